The maximum Gasteiger partial charge on any atom is 0.256 e. The predicted molar refractivity (Wildman–Crippen MR) is 88.8 cm³/mol. The SMILES string of the molecule is O=C1Nc2c(Br)cccc2C1=Cc1cc(Cl)c(O)c(Cl)c1. The van der Waals surface area contributed by atoms with Gasteiger partial charge in [0.2, 0.25) is 0 Å². The minimum absolute atomic E-state index is 0.141. The van der Waals surface area contributed by atoms with Gasteiger partial charge in [-0.25, -0.2) is 0 Å². The average molecular weight is 385 g/mol. The molecule has 0 atom stereocenters. The van der Waals surface area contributed by atoms with E-state index in [1.807, 2.05) is 18.2 Å². The molecule has 2 aromatic carbocycles. The Labute approximate surface area is 139 Å². The molecule has 2 N–H and O–H groups in total. The zero-order valence-corrected chi connectivity index (χ0v) is 13.6. The van der Waals surface area contributed by atoms with E-state index in [-0.39, 0.29) is 21.7 Å². The number of carbonyl (C=O) groups excluding carboxylic acids is 1. The number of anilines is 1. The van der Waals surface area contributed by atoms with Crippen LogP contribution in [0.5, 0.6) is 5.75 Å². The van der Waals surface area contributed by atoms with Crippen LogP contribution in [0, 0.1) is 0 Å². The van der Waals surface area contributed by atoms with Crippen LogP contribution < -0.4 is 5.32 Å². The van der Waals surface area contributed by atoms with Crippen LogP contribution in [0.1, 0.15) is 11.1 Å². The number of phenolic OH excluding ortho intramolecular Hbond substituents is 1. The number of hydrogen-bond acceptors (Lipinski definition) is 2. The molecule has 106 valence electrons. The van der Waals surface area contributed by atoms with Crippen molar-refractivity contribution < 1.29 is 9.90 Å². The zero-order chi connectivity index (χ0) is 15.1. The summed E-state index contributed by atoms with van der Waals surface area (Å²) in [6, 6.07) is 8.68. The van der Waals surface area contributed by atoms with Gasteiger partial charge < -0.3 is 10.4 Å². The highest BCUT2D eigenvalue weighted by Gasteiger charge is 2.25. The highest BCUT2D eigenvalue weighted by atomic mass is 79.9. The number of hydrogen-bond donors (Lipinski definition) is 2. The molecule has 0 saturated heterocycles. The van der Waals surface area contributed by atoms with Crippen molar-refractivity contribution in [1.29, 1.82) is 0 Å². The normalized spacial score (nSPS) is 15.2. The van der Waals surface area contributed by atoms with E-state index in [9.17, 15) is 9.90 Å². The first-order chi connectivity index (χ1) is 9.97. The third-order valence-corrected chi connectivity index (χ3v) is 4.37. The number of nitrogens with one attached hydrogen (secondary N) is 1. The Morgan fingerprint density at radius 3 is 2.52 bits per heavy atom. The van der Waals surface area contributed by atoms with Gasteiger partial charge in [0.1, 0.15) is 0 Å². The Bertz CT molecular complexity index is 779. The van der Waals surface area contributed by atoms with Gasteiger partial charge in [0.25, 0.3) is 5.91 Å². The lowest BCUT2D eigenvalue weighted by Gasteiger charge is -2.03. The Hall–Kier alpha value is -1.49. The van der Waals surface area contributed by atoms with Crippen LogP contribution in [0.15, 0.2) is 34.8 Å². The van der Waals surface area contributed by atoms with Crippen molar-refractivity contribution in [2.24, 2.45) is 0 Å². The van der Waals surface area contributed by atoms with E-state index >= 15 is 0 Å². The largest absolute Gasteiger partial charge is 0.505 e. The van der Waals surface area contributed by atoms with Gasteiger partial charge in [-0.2, -0.15) is 0 Å². The molecule has 1 heterocycles. The van der Waals surface area contributed by atoms with Crippen molar-refractivity contribution in [3.05, 3.63) is 56.0 Å². The van der Waals surface area contributed by atoms with Crippen LogP contribution in [0.3, 0.4) is 0 Å². The Morgan fingerprint density at radius 1 is 1.19 bits per heavy atom. The Morgan fingerprint density at radius 2 is 1.86 bits per heavy atom. The molecule has 3 nitrogen and oxygen atoms in total. The van der Waals surface area contributed by atoms with Gasteiger partial charge in [-0.15, -0.1) is 0 Å². The number of fused-ring (bicyclic) bond motifs is 1. The van der Waals surface area contributed by atoms with Gasteiger partial charge in [0.05, 0.1) is 15.7 Å². The fraction of sp³-hybridized carbons (Fsp3) is 0. The van der Waals surface area contributed by atoms with Gasteiger partial charge in [-0.3, -0.25) is 4.79 Å². The number of carbonyl (C=O) groups is 1. The topological polar surface area (TPSA) is 49.3 Å². The Balaban J connectivity index is 2.14. The highest BCUT2D eigenvalue weighted by molar-refractivity contribution is 9.10. The van der Waals surface area contributed by atoms with Crippen LogP contribution >= 0.6 is 39.1 Å². The number of amides is 1. The second kappa shape index (κ2) is 5.37. The van der Waals surface area contributed by atoms with E-state index < -0.39 is 0 Å². The number of rotatable bonds is 1. The molecule has 0 aliphatic carbocycles. The molecule has 0 aromatic heterocycles. The summed E-state index contributed by atoms with van der Waals surface area (Å²) in [5.74, 6) is -0.364. The monoisotopic (exact) mass is 383 g/mol. The summed E-state index contributed by atoms with van der Waals surface area (Å²) < 4.78 is 0.818. The van der Waals surface area contributed by atoms with Crippen LogP contribution in [0.4, 0.5) is 5.69 Å². The number of benzene rings is 2. The number of halogens is 3. The average Bonchev–Trinajstić information content (AvgIpc) is 2.75. The first-order valence-electron chi connectivity index (χ1n) is 5.97. The maximum atomic E-state index is 12.1. The van der Waals surface area contributed by atoms with Crippen LogP contribution in [-0.4, -0.2) is 11.0 Å². The first-order valence-corrected chi connectivity index (χ1v) is 7.52. The fourth-order valence-electron chi connectivity index (χ4n) is 2.16. The molecular weight excluding hydrogens is 377 g/mol. The quantitative estimate of drug-likeness (QED) is 0.683. The minimum atomic E-state index is -0.197. The lowest BCUT2D eigenvalue weighted by molar-refractivity contribution is -0.110. The van der Waals surface area contributed by atoms with Gasteiger partial charge in [-0.05, 0) is 45.8 Å². The molecule has 0 unspecified atom stereocenters. The Kier molecular flexibility index (Phi) is 3.69. The van der Waals surface area contributed by atoms with E-state index in [0.717, 1.165) is 15.7 Å². The van der Waals surface area contributed by atoms with Crippen molar-refractivity contribution in [1.82, 2.24) is 0 Å². The number of para-hydroxylation sites is 1. The predicted octanol–water partition coefficient (Wildman–Crippen LogP) is 4.95. The lowest BCUT2D eigenvalue weighted by atomic mass is 10.0. The summed E-state index contributed by atoms with van der Waals surface area (Å²) in [4.78, 5) is 12.1. The summed E-state index contributed by atoms with van der Waals surface area (Å²) in [6.45, 7) is 0. The molecule has 0 fully saturated rings. The molecule has 0 spiro atoms. The summed E-state index contributed by atoms with van der Waals surface area (Å²) in [5.41, 5.74) is 2.70. The zero-order valence-electron chi connectivity index (χ0n) is 10.5. The summed E-state index contributed by atoms with van der Waals surface area (Å²) in [5, 5.41) is 12.7. The molecule has 3 rings (SSSR count). The second-order valence-electron chi connectivity index (χ2n) is 4.51. The second-order valence-corrected chi connectivity index (χ2v) is 6.18. The van der Waals surface area contributed by atoms with E-state index in [4.69, 9.17) is 23.2 Å². The van der Waals surface area contributed by atoms with Crippen molar-refractivity contribution in [3.63, 3.8) is 0 Å². The number of aromatic hydroxyl groups is 1. The van der Waals surface area contributed by atoms with Gasteiger partial charge in [-0.1, -0.05) is 35.3 Å². The van der Waals surface area contributed by atoms with Crippen molar-refractivity contribution in [2.45, 2.75) is 0 Å². The molecule has 0 saturated carbocycles. The van der Waals surface area contributed by atoms with Crippen molar-refractivity contribution in [3.8, 4) is 5.75 Å². The summed E-state index contributed by atoms with van der Waals surface area (Å²) in [7, 11) is 0. The molecule has 1 aliphatic rings. The minimum Gasteiger partial charge on any atom is -0.505 e. The molecule has 2 aromatic rings. The third kappa shape index (κ3) is 2.55. The highest BCUT2D eigenvalue weighted by Crippen LogP contribution is 2.39. The van der Waals surface area contributed by atoms with E-state index in [0.29, 0.717) is 11.1 Å². The van der Waals surface area contributed by atoms with Crippen LogP contribution in [0.25, 0.3) is 11.6 Å². The summed E-state index contributed by atoms with van der Waals surface area (Å²) >= 11 is 15.2. The molecular formula is C15H8BrCl2NO2. The molecule has 1 amide bonds. The van der Waals surface area contributed by atoms with E-state index in [1.54, 1.807) is 18.2 Å². The fourth-order valence-corrected chi connectivity index (χ4v) is 3.13. The van der Waals surface area contributed by atoms with E-state index in [2.05, 4.69) is 21.2 Å². The standard InChI is InChI=1S/C15H8BrCl2NO2/c16-10-3-1-2-8-9(15(21)19-13(8)10)4-7-5-11(17)14(20)12(18)6-7/h1-6,20H,(H,19,21). The molecule has 6 heteroatoms. The smallest absolute Gasteiger partial charge is 0.256 e. The molecule has 0 bridgehead atoms. The molecule has 0 radical (unpaired) electrons. The van der Waals surface area contributed by atoms with E-state index in [1.165, 1.54) is 0 Å². The van der Waals surface area contributed by atoms with Crippen LogP contribution in [-0.2, 0) is 4.79 Å². The third-order valence-electron chi connectivity index (χ3n) is 3.14. The van der Waals surface area contributed by atoms with Gasteiger partial charge in [0.15, 0.2) is 5.75 Å². The van der Waals surface area contributed by atoms with Gasteiger partial charge >= 0.3 is 0 Å². The van der Waals surface area contributed by atoms with Crippen molar-refractivity contribution in [2.75, 3.05) is 5.32 Å². The van der Waals surface area contributed by atoms with Gasteiger partial charge in [0, 0.05) is 15.6 Å². The molecule has 1 aliphatic heterocycles. The van der Waals surface area contributed by atoms with Crippen molar-refractivity contribution >= 4 is 62.4 Å². The summed E-state index contributed by atoms with van der Waals surface area (Å²) in [6.07, 6.45) is 1.69. The van der Waals surface area contributed by atoms with Crippen LogP contribution in [0.2, 0.25) is 10.0 Å². The lowest BCUT2D eigenvalue weighted by Crippen LogP contribution is -2.03. The number of phenols is 1. The maximum absolute atomic E-state index is 12.1. The first kappa shape index (κ1) is 14.4. The molecule has 21 heavy (non-hydrogen) atoms.